The summed E-state index contributed by atoms with van der Waals surface area (Å²) in [6.07, 6.45) is 1.59. The van der Waals surface area contributed by atoms with E-state index in [1.54, 1.807) is 0 Å². The average Bonchev–Trinajstić information content (AvgIpc) is 2.29. The highest BCUT2D eigenvalue weighted by Gasteiger charge is 2.18. The van der Waals surface area contributed by atoms with E-state index < -0.39 is 5.38 Å². The zero-order valence-corrected chi connectivity index (χ0v) is 10.00. The molecule has 0 aromatic heterocycles. The number of halogens is 1. The van der Waals surface area contributed by atoms with Crippen molar-refractivity contribution in [1.82, 2.24) is 0 Å². The normalized spacial score (nSPS) is 14.6. The zero-order valence-electron chi connectivity index (χ0n) is 9.24. The summed E-state index contributed by atoms with van der Waals surface area (Å²) in [6.45, 7) is 4.16. The van der Waals surface area contributed by atoms with Gasteiger partial charge in [0.25, 0.3) is 0 Å². The van der Waals surface area contributed by atoms with Gasteiger partial charge in [0.05, 0.1) is 0 Å². The standard InChI is InChI=1S/C13H17ClO/c1-3-10(2)9-12(15)13(14)11-7-5-4-6-8-11/h4-8,10,13H,3,9H2,1-2H3. The second-order valence-corrected chi connectivity index (χ2v) is 4.39. The van der Waals surface area contributed by atoms with Gasteiger partial charge in [0.1, 0.15) is 5.38 Å². The molecule has 0 N–H and O–H groups in total. The molecule has 0 saturated carbocycles. The Kier molecular flexibility index (Phi) is 4.83. The van der Waals surface area contributed by atoms with Crippen molar-refractivity contribution < 1.29 is 4.79 Å². The Bertz CT molecular complexity index is 308. The van der Waals surface area contributed by atoms with Crippen molar-refractivity contribution >= 4 is 17.4 Å². The van der Waals surface area contributed by atoms with Gasteiger partial charge < -0.3 is 0 Å². The van der Waals surface area contributed by atoms with Gasteiger partial charge in [-0.25, -0.2) is 0 Å². The highest BCUT2D eigenvalue weighted by Crippen LogP contribution is 2.24. The molecule has 0 aliphatic rings. The Balaban J connectivity index is 2.61. The minimum Gasteiger partial charge on any atom is -0.298 e. The van der Waals surface area contributed by atoms with Crippen molar-refractivity contribution in [2.45, 2.75) is 32.1 Å². The summed E-state index contributed by atoms with van der Waals surface area (Å²) in [6, 6.07) is 9.52. The SMILES string of the molecule is CCC(C)CC(=O)C(Cl)c1ccccc1. The highest BCUT2D eigenvalue weighted by molar-refractivity contribution is 6.31. The number of hydrogen-bond acceptors (Lipinski definition) is 1. The molecule has 2 unspecified atom stereocenters. The van der Waals surface area contributed by atoms with Crippen LogP contribution in [0.4, 0.5) is 0 Å². The van der Waals surface area contributed by atoms with Gasteiger partial charge in [-0.3, -0.25) is 4.79 Å². The Labute approximate surface area is 96.5 Å². The van der Waals surface area contributed by atoms with Gasteiger partial charge in [-0.2, -0.15) is 0 Å². The Hall–Kier alpha value is -0.820. The predicted octanol–water partition coefficient (Wildman–Crippen LogP) is 3.97. The highest BCUT2D eigenvalue weighted by atomic mass is 35.5. The summed E-state index contributed by atoms with van der Waals surface area (Å²) in [4.78, 5) is 11.8. The maximum absolute atomic E-state index is 11.8. The van der Waals surface area contributed by atoms with Crippen molar-refractivity contribution in [2.24, 2.45) is 5.92 Å². The lowest BCUT2D eigenvalue weighted by molar-refractivity contribution is -0.119. The van der Waals surface area contributed by atoms with E-state index in [4.69, 9.17) is 11.6 Å². The molecule has 2 atom stereocenters. The van der Waals surface area contributed by atoms with E-state index in [-0.39, 0.29) is 5.78 Å². The van der Waals surface area contributed by atoms with Crippen LogP contribution in [-0.2, 0) is 4.79 Å². The molecule has 1 aromatic carbocycles. The van der Waals surface area contributed by atoms with Crippen LogP contribution in [0.25, 0.3) is 0 Å². The lowest BCUT2D eigenvalue weighted by Gasteiger charge is -2.11. The number of Topliss-reactive ketones (excluding diaryl/α,β-unsaturated/α-hetero) is 1. The third-order valence-corrected chi connectivity index (χ3v) is 3.12. The maximum atomic E-state index is 11.8. The predicted molar refractivity (Wildman–Crippen MR) is 64.1 cm³/mol. The van der Waals surface area contributed by atoms with Crippen molar-refractivity contribution in [3.63, 3.8) is 0 Å². The van der Waals surface area contributed by atoms with E-state index in [1.807, 2.05) is 30.3 Å². The first-order chi connectivity index (χ1) is 7.15. The first kappa shape index (κ1) is 12.3. The molecule has 1 nitrogen and oxygen atoms in total. The van der Waals surface area contributed by atoms with Crippen LogP contribution in [0.3, 0.4) is 0 Å². The second kappa shape index (κ2) is 5.92. The van der Waals surface area contributed by atoms with Crippen LogP contribution in [0.5, 0.6) is 0 Å². The number of alkyl halides is 1. The van der Waals surface area contributed by atoms with Crippen molar-refractivity contribution in [2.75, 3.05) is 0 Å². The van der Waals surface area contributed by atoms with Crippen LogP contribution in [0.2, 0.25) is 0 Å². The third-order valence-electron chi connectivity index (χ3n) is 2.62. The molecule has 0 aliphatic heterocycles. The molecule has 82 valence electrons. The number of hydrogen-bond donors (Lipinski definition) is 0. The minimum atomic E-state index is -0.486. The fourth-order valence-corrected chi connectivity index (χ4v) is 1.63. The van der Waals surface area contributed by atoms with Gasteiger partial charge >= 0.3 is 0 Å². The number of rotatable bonds is 5. The van der Waals surface area contributed by atoms with Crippen molar-refractivity contribution in [3.8, 4) is 0 Å². The number of ketones is 1. The van der Waals surface area contributed by atoms with Crippen LogP contribution in [0.1, 0.15) is 37.6 Å². The van der Waals surface area contributed by atoms with Crippen LogP contribution < -0.4 is 0 Å². The van der Waals surface area contributed by atoms with Gasteiger partial charge in [-0.15, -0.1) is 11.6 Å². The van der Waals surface area contributed by atoms with Gasteiger partial charge in [-0.1, -0.05) is 50.6 Å². The molecule has 0 spiro atoms. The minimum absolute atomic E-state index is 0.122. The summed E-state index contributed by atoms with van der Waals surface area (Å²) in [5, 5.41) is -0.486. The van der Waals surface area contributed by atoms with Crippen LogP contribution in [0.15, 0.2) is 30.3 Å². The molecular formula is C13H17ClO. The summed E-state index contributed by atoms with van der Waals surface area (Å²) in [7, 11) is 0. The average molecular weight is 225 g/mol. The Morgan fingerprint density at radius 2 is 1.93 bits per heavy atom. The van der Waals surface area contributed by atoms with E-state index in [2.05, 4.69) is 13.8 Å². The molecule has 0 amide bonds. The summed E-state index contributed by atoms with van der Waals surface area (Å²) in [5.74, 6) is 0.541. The number of carbonyl (C=O) groups excluding carboxylic acids is 1. The van der Waals surface area contributed by atoms with Crippen molar-refractivity contribution in [1.29, 1.82) is 0 Å². The molecule has 0 heterocycles. The van der Waals surface area contributed by atoms with Crippen LogP contribution >= 0.6 is 11.6 Å². The largest absolute Gasteiger partial charge is 0.298 e. The topological polar surface area (TPSA) is 17.1 Å². The van der Waals surface area contributed by atoms with E-state index >= 15 is 0 Å². The first-order valence-corrected chi connectivity index (χ1v) is 5.80. The second-order valence-electron chi connectivity index (χ2n) is 3.96. The first-order valence-electron chi connectivity index (χ1n) is 5.36. The fourth-order valence-electron chi connectivity index (χ4n) is 1.40. The van der Waals surface area contributed by atoms with E-state index in [9.17, 15) is 4.79 Å². The van der Waals surface area contributed by atoms with E-state index in [0.29, 0.717) is 12.3 Å². The molecule has 0 saturated heterocycles. The molecule has 0 radical (unpaired) electrons. The molecule has 2 heteroatoms. The van der Waals surface area contributed by atoms with Crippen molar-refractivity contribution in [3.05, 3.63) is 35.9 Å². The van der Waals surface area contributed by atoms with Crippen LogP contribution in [0, 0.1) is 5.92 Å². The third kappa shape index (κ3) is 3.67. The van der Waals surface area contributed by atoms with Crippen LogP contribution in [-0.4, -0.2) is 5.78 Å². The van der Waals surface area contributed by atoms with Gasteiger partial charge in [0.2, 0.25) is 0 Å². The summed E-state index contributed by atoms with van der Waals surface area (Å²) in [5.41, 5.74) is 0.896. The van der Waals surface area contributed by atoms with E-state index in [1.165, 1.54) is 0 Å². The monoisotopic (exact) mass is 224 g/mol. The molecule has 1 aromatic rings. The lowest BCUT2D eigenvalue weighted by atomic mass is 9.98. The van der Waals surface area contributed by atoms with Gasteiger partial charge in [0, 0.05) is 6.42 Å². The molecular weight excluding hydrogens is 208 g/mol. The lowest BCUT2D eigenvalue weighted by Crippen LogP contribution is -2.10. The Morgan fingerprint density at radius 1 is 1.33 bits per heavy atom. The number of benzene rings is 1. The molecule has 0 bridgehead atoms. The number of carbonyl (C=O) groups is 1. The summed E-state index contributed by atoms with van der Waals surface area (Å²) >= 11 is 6.11. The van der Waals surface area contributed by atoms with E-state index in [0.717, 1.165) is 12.0 Å². The van der Waals surface area contributed by atoms with Gasteiger partial charge in [-0.05, 0) is 11.5 Å². The molecule has 1 rings (SSSR count). The maximum Gasteiger partial charge on any atom is 0.155 e. The summed E-state index contributed by atoms with van der Waals surface area (Å²) < 4.78 is 0. The molecule has 0 aliphatic carbocycles. The quantitative estimate of drug-likeness (QED) is 0.692. The van der Waals surface area contributed by atoms with Gasteiger partial charge in [0.15, 0.2) is 5.78 Å². The molecule has 15 heavy (non-hydrogen) atoms. The smallest absolute Gasteiger partial charge is 0.155 e. The fraction of sp³-hybridized carbons (Fsp3) is 0.462. The Morgan fingerprint density at radius 3 is 2.47 bits per heavy atom. The molecule has 0 fully saturated rings. The zero-order chi connectivity index (χ0) is 11.3.